The van der Waals surface area contributed by atoms with Crippen LogP contribution in [-0.4, -0.2) is 57.9 Å². The highest BCUT2D eigenvalue weighted by molar-refractivity contribution is 6.44. The smallest absolute Gasteiger partial charge is 0.413 e. The van der Waals surface area contributed by atoms with Crippen molar-refractivity contribution < 1.29 is 28.7 Å². The summed E-state index contributed by atoms with van der Waals surface area (Å²) >= 11 is 0. The highest BCUT2D eigenvalue weighted by Crippen LogP contribution is 2.22. The number of aromatic nitrogens is 1. The van der Waals surface area contributed by atoms with Gasteiger partial charge in [0.05, 0.1) is 0 Å². The van der Waals surface area contributed by atoms with Crippen molar-refractivity contribution in [1.82, 2.24) is 9.88 Å². The number of amides is 2. The predicted octanol–water partition coefficient (Wildman–Crippen LogP) is 3.83. The number of carbonyl (C=O) groups excluding carboxylic acids is 4. The van der Waals surface area contributed by atoms with Gasteiger partial charge in [-0.25, -0.2) is 14.6 Å². The molecule has 1 aliphatic heterocycles. The Balaban J connectivity index is 2.05. The molecule has 0 aliphatic carbocycles. The Morgan fingerprint density at radius 1 is 1.06 bits per heavy atom. The summed E-state index contributed by atoms with van der Waals surface area (Å²) in [4.78, 5) is 55.3. The van der Waals surface area contributed by atoms with E-state index in [1.54, 1.807) is 41.5 Å². The molecule has 0 unspecified atom stereocenters. The van der Waals surface area contributed by atoms with Crippen LogP contribution in [0.5, 0.6) is 0 Å². The third kappa shape index (κ3) is 7.66. The molecule has 0 saturated carbocycles. The van der Waals surface area contributed by atoms with E-state index in [-0.39, 0.29) is 17.9 Å². The third-order valence-corrected chi connectivity index (χ3v) is 4.32. The summed E-state index contributed by atoms with van der Waals surface area (Å²) in [5, 5.41) is 2.45. The number of nitrogens with zero attached hydrogens (tertiary/aromatic N) is 2. The number of likely N-dealkylation sites (tertiary alicyclic amines) is 1. The van der Waals surface area contributed by atoms with Crippen molar-refractivity contribution in [2.45, 2.75) is 65.6 Å². The molecular weight excluding hydrogens is 402 g/mol. The first-order valence-corrected chi connectivity index (χ1v) is 10.3. The van der Waals surface area contributed by atoms with Gasteiger partial charge >= 0.3 is 12.2 Å². The first-order chi connectivity index (χ1) is 14.2. The minimum atomic E-state index is -0.712. The number of nitrogens with one attached hydrogen (secondary N) is 1. The first-order valence-electron chi connectivity index (χ1n) is 10.3. The molecule has 1 fully saturated rings. The van der Waals surface area contributed by atoms with Crippen molar-refractivity contribution in [3.63, 3.8) is 0 Å². The van der Waals surface area contributed by atoms with Crippen LogP contribution in [0.3, 0.4) is 0 Å². The Morgan fingerprint density at radius 3 is 2.32 bits per heavy atom. The van der Waals surface area contributed by atoms with E-state index in [0.29, 0.717) is 19.4 Å². The standard InChI is InChI=1S/C22H31N3O6/c1-21(2,3)30-19(28)24-16-12-14(9-10-23-16)17(26)18(27)15-8-7-11-25(13-15)20(29)31-22(4,5)6/h9-10,12,15H,7-8,11,13H2,1-6H3,(H,23,24,28)/t15-/m1/s1. The Bertz CT molecular complexity index is 854. The monoisotopic (exact) mass is 433 g/mol. The van der Waals surface area contributed by atoms with Crippen molar-refractivity contribution >= 4 is 29.6 Å². The summed E-state index contributed by atoms with van der Waals surface area (Å²) < 4.78 is 10.5. The molecule has 2 amide bonds. The maximum atomic E-state index is 12.8. The van der Waals surface area contributed by atoms with E-state index in [1.807, 2.05) is 0 Å². The van der Waals surface area contributed by atoms with E-state index >= 15 is 0 Å². The van der Waals surface area contributed by atoms with Crippen LogP contribution in [0.25, 0.3) is 0 Å². The van der Waals surface area contributed by atoms with Crippen LogP contribution in [0.1, 0.15) is 64.7 Å². The lowest BCUT2D eigenvalue weighted by molar-refractivity contribution is -0.120. The van der Waals surface area contributed by atoms with Gasteiger partial charge in [-0.05, 0) is 66.5 Å². The Hall–Kier alpha value is -2.97. The summed E-state index contributed by atoms with van der Waals surface area (Å²) in [6.45, 7) is 11.1. The van der Waals surface area contributed by atoms with Gasteiger partial charge in [0.25, 0.3) is 0 Å². The Morgan fingerprint density at radius 2 is 1.71 bits per heavy atom. The zero-order valence-corrected chi connectivity index (χ0v) is 19.0. The molecule has 1 saturated heterocycles. The topological polar surface area (TPSA) is 115 Å². The van der Waals surface area contributed by atoms with E-state index in [4.69, 9.17) is 9.47 Å². The summed E-state index contributed by atoms with van der Waals surface area (Å²) in [6, 6.07) is 2.74. The molecule has 170 valence electrons. The molecule has 31 heavy (non-hydrogen) atoms. The predicted molar refractivity (Wildman–Crippen MR) is 114 cm³/mol. The zero-order valence-electron chi connectivity index (χ0n) is 19.0. The van der Waals surface area contributed by atoms with Crippen LogP contribution in [0.2, 0.25) is 0 Å². The number of piperidine rings is 1. The second kappa shape index (κ2) is 9.45. The number of hydrogen-bond acceptors (Lipinski definition) is 7. The fraction of sp³-hybridized carbons (Fsp3) is 0.591. The van der Waals surface area contributed by atoms with Crippen molar-refractivity contribution in [1.29, 1.82) is 0 Å². The number of rotatable bonds is 4. The first kappa shape index (κ1) is 24.3. The molecule has 0 spiro atoms. The third-order valence-electron chi connectivity index (χ3n) is 4.32. The summed E-state index contributed by atoms with van der Waals surface area (Å²) in [5.74, 6) is -1.77. The Kier molecular flexibility index (Phi) is 7.41. The van der Waals surface area contributed by atoms with E-state index < -0.39 is 40.9 Å². The summed E-state index contributed by atoms with van der Waals surface area (Å²) in [6.07, 6.45) is 1.24. The van der Waals surface area contributed by atoms with Crippen molar-refractivity contribution in [2.24, 2.45) is 5.92 Å². The van der Waals surface area contributed by atoms with Crippen molar-refractivity contribution in [3.8, 4) is 0 Å². The van der Waals surface area contributed by atoms with E-state index in [9.17, 15) is 19.2 Å². The van der Waals surface area contributed by atoms with Gasteiger partial charge in [0.1, 0.15) is 17.0 Å². The second-order valence-corrected chi connectivity index (χ2v) is 9.52. The highest BCUT2D eigenvalue weighted by atomic mass is 16.6. The quantitative estimate of drug-likeness (QED) is 0.567. The average Bonchev–Trinajstić information content (AvgIpc) is 2.64. The molecular formula is C22H31N3O6. The zero-order chi connectivity index (χ0) is 23.4. The van der Waals surface area contributed by atoms with Gasteiger partial charge in [0.2, 0.25) is 11.6 Å². The number of ketones is 2. The molecule has 9 heteroatoms. The summed E-state index contributed by atoms with van der Waals surface area (Å²) in [7, 11) is 0. The van der Waals surface area contributed by atoms with Gasteiger partial charge in [-0.2, -0.15) is 0 Å². The van der Waals surface area contributed by atoms with Gasteiger partial charge in [0, 0.05) is 30.8 Å². The van der Waals surface area contributed by atoms with Gasteiger partial charge < -0.3 is 14.4 Å². The molecule has 0 bridgehead atoms. The molecule has 9 nitrogen and oxygen atoms in total. The second-order valence-electron chi connectivity index (χ2n) is 9.52. The van der Waals surface area contributed by atoms with Gasteiger partial charge in [-0.15, -0.1) is 0 Å². The van der Waals surface area contributed by atoms with Crippen LogP contribution < -0.4 is 5.32 Å². The molecule has 1 aromatic rings. The molecule has 2 rings (SSSR count). The number of pyridine rings is 1. The average molecular weight is 434 g/mol. The molecule has 1 aliphatic rings. The molecule has 0 radical (unpaired) electrons. The van der Waals surface area contributed by atoms with Crippen LogP contribution in [0.4, 0.5) is 15.4 Å². The fourth-order valence-corrected chi connectivity index (χ4v) is 3.06. The largest absolute Gasteiger partial charge is 0.444 e. The minimum absolute atomic E-state index is 0.104. The normalized spacial score (nSPS) is 17.0. The van der Waals surface area contributed by atoms with E-state index in [2.05, 4.69) is 10.3 Å². The van der Waals surface area contributed by atoms with Crippen molar-refractivity contribution in [3.05, 3.63) is 23.9 Å². The minimum Gasteiger partial charge on any atom is -0.444 e. The van der Waals surface area contributed by atoms with Crippen LogP contribution in [0.15, 0.2) is 18.3 Å². The maximum Gasteiger partial charge on any atom is 0.413 e. The molecule has 1 N–H and O–H groups in total. The number of carbonyl (C=O) groups is 4. The highest BCUT2D eigenvalue weighted by Gasteiger charge is 2.34. The van der Waals surface area contributed by atoms with Gasteiger partial charge in [0.15, 0.2) is 0 Å². The number of Topliss-reactive ketones (excluding diaryl/α,β-unsaturated/α-hetero) is 2. The summed E-state index contributed by atoms with van der Waals surface area (Å²) in [5.41, 5.74) is -1.21. The molecule has 1 aromatic heterocycles. The number of hydrogen-bond donors (Lipinski definition) is 1. The lowest BCUT2D eigenvalue weighted by atomic mass is 9.90. The molecule has 1 atom stereocenters. The van der Waals surface area contributed by atoms with Gasteiger partial charge in [-0.1, -0.05) is 0 Å². The van der Waals surface area contributed by atoms with E-state index in [0.717, 1.165) is 0 Å². The maximum absolute atomic E-state index is 12.8. The number of ether oxygens (including phenoxy) is 2. The Labute approximate surface area is 182 Å². The van der Waals surface area contributed by atoms with Gasteiger partial charge in [-0.3, -0.25) is 14.9 Å². The van der Waals surface area contributed by atoms with Crippen molar-refractivity contribution in [2.75, 3.05) is 18.4 Å². The van der Waals surface area contributed by atoms with E-state index in [1.165, 1.54) is 23.2 Å². The molecule has 2 heterocycles. The lowest BCUT2D eigenvalue weighted by Crippen LogP contribution is -2.45. The van der Waals surface area contributed by atoms with Crippen LogP contribution in [0, 0.1) is 5.92 Å². The van der Waals surface area contributed by atoms with Crippen LogP contribution in [-0.2, 0) is 14.3 Å². The molecule has 0 aromatic carbocycles. The van der Waals surface area contributed by atoms with Crippen LogP contribution >= 0.6 is 0 Å². The fourth-order valence-electron chi connectivity index (χ4n) is 3.06. The lowest BCUT2D eigenvalue weighted by Gasteiger charge is -2.33. The number of anilines is 1. The SMILES string of the molecule is CC(C)(C)OC(=O)Nc1cc(C(=O)C(=O)[C@@H]2CCCN(C(=O)OC(C)(C)C)C2)ccn1.